The topological polar surface area (TPSA) is 268 Å². The number of benzene rings is 6. The van der Waals surface area contributed by atoms with Crippen LogP contribution in [0.25, 0.3) is 21.5 Å². The first-order valence-electron chi connectivity index (χ1n) is 16.1. The van der Waals surface area contributed by atoms with Gasteiger partial charge in [-0.2, -0.15) is 31.3 Å². The van der Waals surface area contributed by atoms with Crippen molar-refractivity contribution in [3.8, 4) is 11.5 Å². The van der Waals surface area contributed by atoms with E-state index in [1.807, 2.05) is 0 Å². The molecule has 294 valence electrons. The normalized spacial score (nSPS) is 13.1. The molecule has 0 fully saturated rings. The molecule has 0 spiro atoms. The Morgan fingerprint density at radius 3 is 1.95 bits per heavy atom. The first kappa shape index (κ1) is 40.6. The van der Waals surface area contributed by atoms with Gasteiger partial charge in [-0.05, 0) is 102 Å². The van der Waals surface area contributed by atoms with Gasteiger partial charge in [0, 0.05) is 17.8 Å². The molecule has 0 aliphatic rings. The number of hydrogen-bond acceptors (Lipinski definition) is 14. The number of azo groups is 2. The van der Waals surface area contributed by atoms with Crippen molar-refractivity contribution in [1.29, 1.82) is 0 Å². The number of anilines is 2. The van der Waals surface area contributed by atoms with Crippen molar-refractivity contribution in [2.24, 2.45) is 20.5 Å². The second-order valence-corrected chi connectivity index (χ2v) is 18.0. The summed E-state index contributed by atoms with van der Waals surface area (Å²) in [5, 5.41) is 29.4. The van der Waals surface area contributed by atoms with Gasteiger partial charge in [-0.3, -0.25) is 13.4 Å². The molecule has 0 saturated heterocycles. The highest BCUT2D eigenvalue weighted by Crippen LogP contribution is 2.47. The molecular weight excluding hydrogens is 821 g/mol. The number of nitrogen functional groups attached to an aromatic ring is 1. The van der Waals surface area contributed by atoms with E-state index in [2.05, 4.69) is 27.0 Å². The summed E-state index contributed by atoms with van der Waals surface area (Å²) in [6, 6.07) is 22.6. The van der Waals surface area contributed by atoms with Crippen LogP contribution < -0.4 is 14.2 Å². The quantitative estimate of drug-likeness (QED) is 0.0519. The molecule has 0 aromatic heterocycles. The predicted molar refractivity (Wildman–Crippen MR) is 214 cm³/mol. The fourth-order valence-corrected chi connectivity index (χ4v) is 8.16. The number of nitrogens with two attached hydrogens (primary N) is 1. The Morgan fingerprint density at radius 1 is 0.754 bits per heavy atom. The number of aromatic hydroxyl groups is 1. The first-order valence-corrected chi connectivity index (χ1v) is 21.6. The van der Waals surface area contributed by atoms with Crippen molar-refractivity contribution >= 4 is 97.0 Å². The molecule has 0 heterocycles. The fraction of sp³-hybridized carbons (Fsp3) is 0.0556. The highest BCUT2D eigenvalue weighted by Gasteiger charge is 2.25. The zero-order valence-corrected chi connectivity index (χ0v) is 32.8. The molecular formula is C36H30N6O11S4. The minimum Gasteiger partial charge on any atom is -0.505 e. The standard InChI is InChI=1S/C36H30N6O11S4/c1-4-55(45,46)27-16-11-25(12-17-27)39-41-35-31(57(50,51)52)19-23-18-21(2)34(33(37)32(23)36(35)43)40-38-24-9-13-26(14-10-24)53-54(44)42(3)30-7-5-6-22-8-15-28(20-29(22)30)56(47,48)49/h4-20,43H,1,37H2,2-3H3,(H,47,48,49)(H,50,51,52). The average molecular weight is 851 g/mol. The van der Waals surface area contributed by atoms with Gasteiger partial charge >= 0.3 is 11.3 Å². The van der Waals surface area contributed by atoms with Crippen LogP contribution in [0.3, 0.4) is 0 Å². The van der Waals surface area contributed by atoms with Gasteiger partial charge in [0.15, 0.2) is 15.6 Å². The van der Waals surface area contributed by atoms with Crippen LogP contribution in [0, 0.1) is 6.92 Å². The highest BCUT2D eigenvalue weighted by molar-refractivity contribution is 7.94. The number of aryl methyl sites for hydroxylation is 1. The van der Waals surface area contributed by atoms with Gasteiger partial charge in [-0.25, -0.2) is 8.42 Å². The molecule has 0 amide bonds. The summed E-state index contributed by atoms with van der Waals surface area (Å²) >= 11 is -2.11. The van der Waals surface area contributed by atoms with E-state index in [0.717, 1.165) is 11.5 Å². The van der Waals surface area contributed by atoms with Crippen LogP contribution in [0.1, 0.15) is 5.56 Å². The molecule has 6 aromatic rings. The molecule has 17 nitrogen and oxygen atoms in total. The third-order valence-electron chi connectivity index (χ3n) is 8.43. The zero-order valence-electron chi connectivity index (χ0n) is 29.6. The Kier molecular flexibility index (Phi) is 11.0. The number of phenols is 1. The molecule has 6 aromatic carbocycles. The van der Waals surface area contributed by atoms with Crippen molar-refractivity contribution in [1.82, 2.24) is 0 Å². The molecule has 0 bridgehead atoms. The second kappa shape index (κ2) is 15.4. The van der Waals surface area contributed by atoms with Crippen LogP contribution in [-0.4, -0.2) is 50.7 Å². The van der Waals surface area contributed by atoms with Crippen molar-refractivity contribution in [3.05, 3.63) is 115 Å². The maximum Gasteiger partial charge on any atom is 0.318 e. The maximum atomic E-state index is 13.2. The van der Waals surface area contributed by atoms with Crippen molar-refractivity contribution in [2.75, 3.05) is 17.1 Å². The smallest absolute Gasteiger partial charge is 0.318 e. The summed E-state index contributed by atoms with van der Waals surface area (Å²) in [6.45, 7) is 4.88. The highest BCUT2D eigenvalue weighted by atomic mass is 32.2. The Morgan fingerprint density at radius 2 is 1.35 bits per heavy atom. The van der Waals surface area contributed by atoms with E-state index in [-0.39, 0.29) is 43.4 Å². The summed E-state index contributed by atoms with van der Waals surface area (Å²) in [6.07, 6.45) is 0. The predicted octanol–water partition coefficient (Wildman–Crippen LogP) is 7.92. The second-order valence-electron chi connectivity index (χ2n) is 12.1. The van der Waals surface area contributed by atoms with Gasteiger partial charge in [0.25, 0.3) is 20.2 Å². The SMILES string of the molecule is C=CS(=O)(=O)c1ccc(N=Nc2c(S(=O)(=O)O)cc3cc(C)c(N=Nc4ccc(OS(=O)N(C)c5cccc6ccc(S(=O)(=O)O)cc56)cc4)c(N)c3c2O)cc1. The zero-order chi connectivity index (χ0) is 41.4. The number of fused-ring (bicyclic) bond motifs is 2. The molecule has 0 aliphatic heterocycles. The molecule has 21 heteroatoms. The van der Waals surface area contributed by atoms with E-state index in [9.17, 15) is 43.7 Å². The van der Waals surface area contributed by atoms with Crippen LogP contribution in [0.2, 0.25) is 0 Å². The molecule has 0 aliphatic carbocycles. The van der Waals surface area contributed by atoms with E-state index in [4.69, 9.17) is 9.92 Å². The minimum atomic E-state index is -4.96. The third-order valence-corrected chi connectivity index (χ3v) is 12.5. The van der Waals surface area contributed by atoms with E-state index in [0.29, 0.717) is 27.7 Å². The van der Waals surface area contributed by atoms with Crippen LogP contribution in [0.4, 0.5) is 34.1 Å². The van der Waals surface area contributed by atoms with E-state index < -0.39 is 57.7 Å². The summed E-state index contributed by atoms with van der Waals surface area (Å²) in [5.74, 6) is -0.566. The van der Waals surface area contributed by atoms with E-state index in [1.54, 1.807) is 25.1 Å². The Hall–Kier alpha value is -6.10. The molecule has 6 rings (SSSR count). The molecule has 1 atom stereocenters. The van der Waals surface area contributed by atoms with Crippen molar-refractivity contribution in [2.45, 2.75) is 21.6 Å². The minimum absolute atomic E-state index is 0.0703. The molecule has 0 saturated carbocycles. The van der Waals surface area contributed by atoms with Crippen LogP contribution in [0.15, 0.2) is 144 Å². The number of sulfone groups is 1. The lowest BCUT2D eigenvalue weighted by molar-refractivity contribution is 0.472. The summed E-state index contributed by atoms with van der Waals surface area (Å²) in [5.41, 5.74) is 6.98. The number of nitrogens with zero attached hydrogens (tertiary/aromatic N) is 5. The van der Waals surface area contributed by atoms with Crippen LogP contribution in [-0.2, 0) is 41.3 Å². The molecule has 0 radical (unpaired) electrons. The maximum absolute atomic E-state index is 13.2. The van der Waals surface area contributed by atoms with E-state index >= 15 is 0 Å². The Labute approximate surface area is 328 Å². The molecule has 57 heavy (non-hydrogen) atoms. The summed E-state index contributed by atoms with van der Waals surface area (Å²) in [4.78, 5) is -1.17. The van der Waals surface area contributed by atoms with Gasteiger partial charge in [-0.1, -0.05) is 24.8 Å². The third kappa shape index (κ3) is 8.52. The van der Waals surface area contributed by atoms with Gasteiger partial charge < -0.3 is 15.0 Å². The number of hydrogen-bond donors (Lipinski definition) is 4. The average Bonchev–Trinajstić information content (AvgIpc) is 3.16. The lowest BCUT2D eigenvalue weighted by atomic mass is 10.0. The summed E-state index contributed by atoms with van der Waals surface area (Å²) < 4.78 is 112. The van der Waals surface area contributed by atoms with Crippen LogP contribution >= 0.6 is 0 Å². The monoisotopic (exact) mass is 850 g/mol. The van der Waals surface area contributed by atoms with Crippen LogP contribution in [0.5, 0.6) is 11.5 Å². The fourth-order valence-electron chi connectivity index (χ4n) is 5.58. The van der Waals surface area contributed by atoms with E-state index in [1.165, 1.54) is 84.1 Å². The lowest BCUT2D eigenvalue weighted by Crippen LogP contribution is -2.24. The Bertz CT molecular complexity index is 3030. The lowest BCUT2D eigenvalue weighted by Gasteiger charge is -2.19. The van der Waals surface area contributed by atoms with Crippen molar-refractivity contribution < 1.29 is 47.9 Å². The molecule has 5 N–H and O–H groups in total. The van der Waals surface area contributed by atoms with Gasteiger partial charge in [0.2, 0.25) is 0 Å². The summed E-state index contributed by atoms with van der Waals surface area (Å²) in [7, 11) is -11.7. The van der Waals surface area contributed by atoms with Gasteiger partial charge in [0.1, 0.15) is 22.0 Å². The van der Waals surface area contributed by atoms with Crippen molar-refractivity contribution in [3.63, 3.8) is 0 Å². The molecule has 1 unspecified atom stereocenters. The number of phenolic OH excluding ortho intramolecular Hbond substituents is 1. The largest absolute Gasteiger partial charge is 0.505 e. The Balaban J connectivity index is 1.26. The first-order chi connectivity index (χ1) is 26.8. The van der Waals surface area contributed by atoms with Gasteiger partial charge in [0.05, 0.1) is 37.9 Å². The van der Waals surface area contributed by atoms with Gasteiger partial charge in [-0.15, -0.1) is 10.2 Å². The number of rotatable bonds is 12.